The second kappa shape index (κ2) is 8.80. The number of urea groups is 1. The van der Waals surface area contributed by atoms with Gasteiger partial charge in [-0.25, -0.2) is 4.79 Å². The Hall–Kier alpha value is -1.69. The minimum Gasteiger partial charge on any atom is -0.336 e. The Kier molecular flexibility index (Phi) is 6.98. The molecule has 2 atom stereocenters. The molecule has 1 aliphatic heterocycles. The zero-order chi connectivity index (χ0) is 19.4. The topological polar surface area (TPSA) is 52.7 Å². The average Bonchev–Trinajstić information content (AvgIpc) is 2.83. The number of benzene rings is 1. The van der Waals surface area contributed by atoms with Gasteiger partial charge in [0, 0.05) is 25.2 Å². The standard InChI is InChI=1S/C20H31N3O2S/c1-13(2)21-20(25)22(14(3)4)11-12-23-18(24)16(6)26-19(23)17-9-7-15(5)8-10-17/h7-10,13-14,16,19H,11-12H2,1-6H3,(H,21,25)/t16-,19-/m0/s1. The van der Waals surface area contributed by atoms with Crippen LogP contribution in [0.1, 0.15) is 51.1 Å². The third-order valence-corrected chi connectivity index (χ3v) is 5.88. The maximum absolute atomic E-state index is 12.7. The third kappa shape index (κ3) is 4.93. The predicted molar refractivity (Wildman–Crippen MR) is 108 cm³/mol. The van der Waals surface area contributed by atoms with E-state index in [0.717, 1.165) is 5.56 Å². The quantitative estimate of drug-likeness (QED) is 0.821. The highest BCUT2D eigenvalue weighted by Crippen LogP contribution is 2.42. The summed E-state index contributed by atoms with van der Waals surface area (Å²) in [7, 11) is 0. The van der Waals surface area contributed by atoms with Crippen molar-refractivity contribution < 1.29 is 9.59 Å². The largest absolute Gasteiger partial charge is 0.336 e. The maximum atomic E-state index is 12.7. The summed E-state index contributed by atoms with van der Waals surface area (Å²) in [6.07, 6.45) is 0. The van der Waals surface area contributed by atoms with Crippen molar-refractivity contribution in [2.24, 2.45) is 0 Å². The second-order valence-electron chi connectivity index (χ2n) is 7.46. The van der Waals surface area contributed by atoms with Crippen LogP contribution in [0.25, 0.3) is 0 Å². The van der Waals surface area contributed by atoms with Crippen molar-refractivity contribution >= 4 is 23.7 Å². The lowest BCUT2D eigenvalue weighted by Gasteiger charge is -2.31. The minimum absolute atomic E-state index is 0.0141. The van der Waals surface area contributed by atoms with Crippen LogP contribution in [0.5, 0.6) is 0 Å². The highest BCUT2D eigenvalue weighted by molar-refractivity contribution is 8.01. The monoisotopic (exact) mass is 377 g/mol. The summed E-state index contributed by atoms with van der Waals surface area (Å²) in [4.78, 5) is 28.8. The van der Waals surface area contributed by atoms with Gasteiger partial charge in [0.25, 0.3) is 0 Å². The molecule has 1 aromatic rings. The first-order valence-corrected chi connectivity index (χ1v) is 10.2. The van der Waals surface area contributed by atoms with Crippen molar-refractivity contribution in [2.75, 3.05) is 13.1 Å². The van der Waals surface area contributed by atoms with Gasteiger partial charge in [-0.05, 0) is 47.1 Å². The average molecular weight is 378 g/mol. The van der Waals surface area contributed by atoms with E-state index in [4.69, 9.17) is 0 Å². The van der Waals surface area contributed by atoms with Crippen LogP contribution in [0.15, 0.2) is 24.3 Å². The number of amides is 3. The molecule has 0 unspecified atom stereocenters. The van der Waals surface area contributed by atoms with Gasteiger partial charge in [0.1, 0.15) is 5.37 Å². The maximum Gasteiger partial charge on any atom is 0.317 e. The summed E-state index contributed by atoms with van der Waals surface area (Å²) in [5, 5.41) is 2.90. The number of hydrogen-bond acceptors (Lipinski definition) is 3. The highest BCUT2D eigenvalue weighted by Gasteiger charge is 2.38. The third-order valence-electron chi connectivity index (χ3n) is 4.49. The lowest BCUT2D eigenvalue weighted by Crippen LogP contribution is -2.49. The van der Waals surface area contributed by atoms with E-state index in [2.05, 4.69) is 36.5 Å². The molecule has 1 saturated heterocycles. The van der Waals surface area contributed by atoms with Crippen LogP contribution in [-0.2, 0) is 4.79 Å². The van der Waals surface area contributed by atoms with Gasteiger partial charge in [-0.15, -0.1) is 11.8 Å². The summed E-state index contributed by atoms with van der Waals surface area (Å²) in [6, 6.07) is 8.45. The molecule has 1 fully saturated rings. The Morgan fingerprint density at radius 2 is 1.85 bits per heavy atom. The molecular formula is C20H31N3O2S. The van der Waals surface area contributed by atoms with Gasteiger partial charge in [-0.1, -0.05) is 29.8 Å². The predicted octanol–water partition coefficient (Wildman–Crippen LogP) is 3.79. The van der Waals surface area contributed by atoms with Gasteiger partial charge in [0.05, 0.1) is 5.25 Å². The SMILES string of the molecule is Cc1ccc([C@@H]2S[C@@H](C)C(=O)N2CCN(C(=O)NC(C)C)C(C)C)cc1. The van der Waals surface area contributed by atoms with E-state index in [1.807, 2.05) is 39.5 Å². The number of nitrogens with zero attached hydrogens (tertiary/aromatic N) is 2. The first-order valence-electron chi connectivity index (χ1n) is 9.30. The molecule has 0 bridgehead atoms. The number of rotatable bonds is 6. The molecule has 0 aliphatic carbocycles. The molecule has 26 heavy (non-hydrogen) atoms. The molecule has 1 aliphatic rings. The van der Waals surface area contributed by atoms with Crippen molar-refractivity contribution in [3.8, 4) is 0 Å². The second-order valence-corrected chi connectivity index (χ2v) is 8.89. The Morgan fingerprint density at radius 3 is 2.38 bits per heavy atom. The summed E-state index contributed by atoms with van der Waals surface area (Å²) in [5.41, 5.74) is 2.35. The van der Waals surface area contributed by atoms with Crippen LogP contribution >= 0.6 is 11.8 Å². The number of nitrogens with one attached hydrogen (secondary N) is 1. The number of hydrogen-bond donors (Lipinski definition) is 1. The van der Waals surface area contributed by atoms with Gasteiger partial charge >= 0.3 is 6.03 Å². The molecule has 0 aromatic heterocycles. The molecule has 1 aromatic carbocycles. The van der Waals surface area contributed by atoms with E-state index in [1.165, 1.54) is 5.56 Å². The molecule has 3 amide bonds. The molecule has 144 valence electrons. The van der Waals surface area contributed by atoms with E-state index in [1.54, 1.807) is 16.7 Å². The minimum atomic E-state index is -0.0748. The lowest BCUT2D eigenvalue weighted by atomic mass is 10.1. The summed E-state index contributed by atoms with van der Waals surface area (Å²) >= 11 is 1.68. The fourth-order valence-electron chi connectivity index (χ4n) is 3.03. The van der Waals surface area contributed by atoms with Crippen LogP contribution in [0, 0.1) is 6.92 Å². The van der Waals surface area contributed by atoms with Crippen molar-refractivity contribution in [1.29, 1.82) is 0 Å². The van der Waals surface area contributed by atoms with Gasteiger partial charge in [0.2, 0.25) is 5.91 Å². The molecule has 1 heterocycles. The van der Waals surface area contributed by atoms with Crippen molar-refractivity contribution in [3.63, 3.8) is 0 Å². The van der Waals surface area contributed by atoms with Crippen LogP contribution in [-0.4, -0.2) is 52.2 Å². The van der Waals surface area contributed by atoms with Gasteiger partial charge in [0.15, 0.2) is 0 Å². The number of carbonyl (C=O) groups excluding carboxylic acids is 2. The van der Waals surface area contributed by atoms with E-state index in [-0.39, 0.29) is 34.6 Å². The Balaban J connectivity index is 2.11. The van der Waals surface area contributed by atoms with Gasteiger partial charge in [-0.2, -0.15) is 0 Å². The summed E-state index contributed by atoms with van der Waals surface area (Å²) in [5.74, 6) is 0.147. The summed E-state index contributed by atoms with van der Waals surface area (Å²) < 4.78 is 0. The first-order chi connectivity index (χ1) is 12.2. The van der Waals surface area contributed by atoms with Crippen molar-refractivity contribution in [2.45, 2.75) is 64.2 Å². The molecule has 6 heteroatoms. The van der Waals surface area contributed by atoms with Crippen LogP contribution in [0.4, 0.5) is 4.79 Å². The van der Waals surface area contributed by atoms with E-state index >= 15 is 0 Å². The first kappa shape index (κ1) is 20.6. The molecule has 0 spiro atoms. The molecule has 1 N–H and O–H groups in total. The fraction of sp³-hybridized carbons (Fsp3) is 0.600. The smallest absolute Gasteiger partial charge is 0.317 e. The molecule has 0 saturated carbocycles. The van der Waals surface area contributed by atoms with Crippen LogP contribution in [0.3, 0.4) is 0 Å². The highest BCUT2D eigenvalue weighted by atomic mass is 32.2. The van der Waals surface area contributed by atoms with E-state index < -0.39 is 0 Å². The number of thioether (sulfide) groups is 1. The fourth-order valence-corrected chi connectivity index (χ4v) is 4.34. The Labute approximate surface area is 161 Å². The Bertz CT molecular complexity index is 630. The lowest BCUT2D eigenvalue weighted by molar-refractivity contribution is -0.130. The van der Waals surface area contributed by atoms with Gasteiger partial charge < -0.3 is 15.1 Å². The van der Waals surface area contributed by atoms with Crippen molar-refractivity contribution in [1.82, 2.24) is 15.1 Å². The van der Waals surface area contributed by atoms with Gasteiger partial charge in [-0.3, -0.25) is 4.79 Å². The zero-order valence-corrected chi connectivity index (χ0v) is 17.5. The normalized spacial score (nSPS) is 20.2. The number of carbonyl (C=O) groups is 2. The van der Waals surface area contributed by atoms with Crippen LogP contribution < -0.4 is 5.32 Å². The summed E-state index contributed by atoms with van der Waals surface area (Å²) in [6.45, 7) is 13.0. The molecule has 5 nitrogen and oxygen atoms in total. The number of aryl methyl sites for hydroxylation is 1. The molecular weight excluding hydrogens is 346 g/mol. The van der Waals surface area contributed by atoms with Crippen LogP contribution in [0.2, 0.25) is 0 Å². The van der Waals surface area contributed by atoms with E-state index in [0.29, 0.717) is 13.1 Å². The van der Waals surface area contributed by atoms with E-state index in [9.17, 15) is 9.59 Å². The molecule has 0 radical (unpaired) electrons. The van der Waals surface area contributed by atoms with Crippen molar-refractivity contribution in [3.05, 3.63) is 35.4 Å². The molecule has 2 rings (SSSR count). The Morgan fingerprint density at radius 1 is 1.23 bits per heavy atom. The zero-order valence-electron chi connectivity index (χ0n) is 16.7.